The minimum Gasteiger partial charge on any atom is -0.390 e. The number of fused-ring (bicyclic) bond motifs is 2. The SMILES string of the molecule is CC1=C[C@H]2O[C@@H]3[C@H](O)[C@@H](O)[C@](C)([C@@]2(C)CC1)[C@]31CO1. The van der Waals surface area contributed by atoms with Gasteiger partial charge in [-0.3, -0.25) is 0 Å². The molecule has 106 valence electrons. The molecule has 1 spiro atoms. The molecule has 0 aromatic rings. The Morgan fingerprint density at radius 2 is 2.00 bits per heavy atom. The Hall–Kier alpha value is -0.420. The highest BCUT2D eigenvalue weighted by Gasteiger charge is 2.83. The maximum Gasteiger partial charge on any atom is 0.129 e. The van der Waals surface area contributed by atoms with Gasteiger partial charge in [0.2, 0.25) is 0 Å². The minimum absolute atomic E-state index is 0.0297. The van der Waals surface area contributed by atoms with Crippen LogP contribution in [0.25, 0.3) is 0 Å². The molecule has 2 bridgehead atoms. The fourth-order valence-corrected chi connectivity index (χ4v) is 4.91. The molecule has 4 nitrogen and oxygen atoms in total. The number of hydrogen-bond donors (Lipinski definition) is 2. The van der Waals surface area contributed by atoms with E-state index in [1.807, 2.05) is 0 Å². The van der Waals surface area contributed by atoms with E-state index in [0.717, 1.165) is 12.8 Å². The first-order valence-corrected chi connectivity index (χ1v) is 7.20. The van der Waals surface area contributed by atoms with Gasteiger partial charge in [0.25, 0.3) is 0 Å². The maximum atomic E-state index is 10.6. The summed E-state index contributed by atoms with van der Waals surface area (Å²) in [6.45, 7) is 6.98. The van der Waals surface area contributed by atoms with E-state index in [1.54, 1.807) is 0 Å². The van der Waals surface area contributed by atoms with Gasteiger partial charge in [-0.1, -0.05) is 25.5 Å². The zero-order chi connectivity index (χ0) is 13.6. The Kier molecular flexibility index (Phi) is 2.11. The molecule has 2 aliphatic carbocycles. The zero-order valence-electron chi connectivity index (χ0n) is 11.7. The number of allylic oxidation sites excluding steroid dienone is 1. The Bertz CT molecular complexity index is 469. The van der Waals surface area contributed by atoms with Crippen LogP contribution in [0.15, 0.2) is 11.6 Å². The molecule has 0 amide bonds. The van der Waals surface area contributed by atoms with Gasteiger partial charge in [0.1, 0.15) is 17.8 Å². The molecule has 0 aromatic heterocycles. The molecule has 0 aromatic carbocycles. The van der Waals surface area contributed by atoms with Crippen molar-refractivity contribution in [2.45, 2.75) is 63.6 Å². The second-order valence-electron chi connectivity index (χ2n) is 7.22. The summed E-state index contributed by atoms with van der Waals surface area (Å²) in [6, 6.07) is 0. The van der Waals surface area contributed by atoms with Gasteiger partial charge in [-0.25, -0.2) is 0 Å². The predicted octanol–water partition coefficient (Wildman–Crippen LogP) is 1.01. The van der Waals surface area contributed by atoms with Crippen molar-refractivity contribution in [1.29, 1.82) is 0 Å². The Balaban J connectivity index is 1.90. The van der Waals surface area contributed by atoms with Gasteiger partial charge in [0.05, 0.1) is 18.8 Å². The van der Waals surface area contributed by atoms with Crippen molar-refractivity contribution in [3.63, 3.8) is 0 Å². The van der Waals surface area contributed by atoms with Crippen LogP contribution in [0.2, 0.25) is 0 Å². The third-order valence-corrected chi connectivity index (χ3v) is 6.60. The van der Waals surface area contributed by atoms with Gasteiger partial charge in [-0.05, 0) is 19.8 Å². The summed E-state index contributed by atoms with van der Waals surface area (Å²) in [5, 5.41) is 21.0. The van der Waals surface area contributed by atoms with Crippen LogP contribution >= 0.6 is 0 Å². The first-order valence-electron chi connectivity index (χ1n) is 7.20. The van der Waals surface area contributed by atoms with Crippen LogP contribution in [0, 0.1) is 10.8 Å². The smallest absolute Gasteiger partial charge is 0.129 e. The van der Waals surface area contributed by atoms with Crippen molar-refractivity contribution in [3.8, 4) is 0 Å². The van der Waals surface area contributed by atoms with E-state index in [-0.39, 0.29) is 11.5 Å². The van der Waals surface area contributed by atoms with Gasteiger partial charge in [-0.15, -0.1) is 0 Å². The van der Waals surface area contributed by atoms with Crippen molar-refractivity contribution in [3.05, 3.63) is 11.6 Å². The van der Waals surface area contributed by atoms with E-state index in [1.165, 1.54) is 5.57 Å². The summed E-state index contributed by atoms with van der Waals surface area (Å²) >= 11 is 0. The minimum atomic E-state index is -0.844. The van der Waals surface area contributed by atoms with Crippen molar-refractivity contribution < 1.29 is 19.7 Å². The predicted molar refractivity (Wildman–Crippen MR) is 68.6 cm³/mol. The van der Waals surface area contributed by atoms with E-state index in [0.29, 0.717) is 6.61 Å². The largest absolute Gasteiger partial charge is 0.390 e. The van der Waals surface area contributed by atoms with Crippen LogP contribution < -0.4 is 0 Å². The van der Waals surface area contributed by atoms with Crippen molar-refractivity contribution in [1.82, 2.24) is 0 Å². The normalized spacial score (nSPS) is 62.9. The lowest BCUT2D eigenvalue weighted by atomic mass is 9.52. The summed E-state index contributed by atoms with van der Waals surface area (Å²) in [4.78, 5) is 0. The Labute approximate surface area is 113 Å². The molecular formula is C15H22O4. The molecule has 4 rings (SSSR count). The molecule has 3 fully saturated rings. The van der Waals surface area contributed by atoms with Crippen LogP contribution in [-0.4, -0.2) is 46.8 Å². The second kappa shape index (κ2) is 3.25. The Morgan fingerprint density at radius 3 is 2.63 bits per heavy atom. The third kappa shape index (κ3) is 1.09. The van der Waals surface area contributed by atoms with E-state index >= 15 is 0 Å². The molecule has 1 saturated carbocycles. The number of aliphatic hydroxyl groups excluding tert-OH is 2. The lowest BCUT2D eigenvalue weighted by Gasteiger charge is -2.56. The molecule has 2 N–H and O–H groups in total. The van der Waals surface area contributed by atoms with E-state index in [4.69, 9.17) is 9.47 Å². The fraction of sp³-hybridized carbons (Fsp3) is 0.867. The van der Waals surface area contributed by atoms with Crippen molar-refractivity contribution in [2.24, 2.45) is 10.8 Å². The maximum absolute atomic E-state index is 10.6. The van der Waals surface area contributed by atoms with Crippen LogP contribution in [0.1, 0.15) is 33.6 Å². The summed E-state index contributed by atoms with van der Waals surface area (Å²) < 4.78 is 11.9. The summed E-state index contributed by atoms with van der Waals surface area (Å²) in [7, 11) is 0. The second-order valence-corrected chi connectivity index (χ2v) is 7.22. The van der Waals surface area contributed by atoms with Gasteiger partial charge in [0.15, 0.2) is 0 Å². The lowest BCUT2D eigenvalue weighted by molar-refractivity contribution is -0.206. The first kappa shape index (κ1) is 12.3. The zero-order valence-corrected chi connectivity index (χ0v) is 11.7. The summed E-state index contributed by atoms with van der Waals surface area (Å²) in [5.74, 6) is 0. The summed E-state index contributed by atoms with van der Waals surface area (Å²) in [5.41, 5.74) is 0.235. The van der Waals surface area contributed by atoms with Crippen LogP contribution in [0.5, 0.6) is 0 Å². The van der Waals surface area contributed by atoms with Gasteiger partial charge >= 0.3 is 0 Å². The summed E-state index contributed by atoms with van der Waals surface area (Å²) in [6.07, 6.45) is 2.12. The number of hydrogen-bond acceptors (Lipinski definition) is 4. The molecular weight excluding hydrogens is 244 g/mol. The highest BCUT2D eigenvalue weighted by atomic mass is 16.6. The van der Waals surface area contributed by atoms with E-state index in [2.05, 4.69) is 26.8 Å². The first-order chi connectivity index (χ1) is 8.87. The van der Waals surface area contributed by atoms with Crippen molar-refractivity contribution in [2.75, 3.05) is 6.61 Å². The lowest BCUT2D eigenvalue weighted by Crippen LogP contribution is -2.63. The molecule has 2 heterocycles. The number of ether oxygens (including phenoxy) is 2. The van der Waals surface area contributed by atoms with Crippen LogP contribution in [0.3, 0.4) is 0 Å². The van der Waals surface area contributed by atoms with Gasteiger partial charge < -0.3 is 19.7 Å². The number of epoxide rings is 1. The molecule has 4 heteroatoms. The third-order valence-electron chi connectivity index (χ3n) is 6.60. The van der Waals surface area contributed by atoms with Crippen LogP contribution in [0.4, 0.5) is 0 Å². The van der Waals surface area contributed by atoms with Crippen LogP contribution in [-0.2, 0) is 9.47 Å². The molecule has 2 aliphatic heterocycles. The molecule has 2 saturated heterocycles. The molecule has 4 aliphatic rings. The van der Waals surface area contributed by atoms with Crippen molar-refractivity contribution >= 4 is 0 Å². The molecule has 19 heavy (non-hydrogen) atoms. The molecule has 7 atom stereocenters. The average Bonchev–Trinajstić information content (AvgIpc) is 3.15. The average molecular weight is 266 g/mol. The topological polar surface area (TPSA) is 62.2 Å². The quantitative estimate of drug-likeness (QED) is 0.507. The van der Waals surface area contributed by atoms with Gasteiger partial charge in [0, 0.05) is 10.8 Å². The fourth-order valence-electron chi connectivity index (χ4n) is 4.91. The van der Waals surface area contributed by atoms with Gasteiger partial charge in [-0.2, -0.15) is 0 Å². The highest BCUT2D eigenvalue weighted by Crippen LogP contribution is 2.71. The monoisotopic (exact) mass is 266 g/mol. The Morgan fingerprint density at radius 1 is 1.32 bits per heavy atom. The molecule has 0 unspecified atom stereocenters. The highest BCUT2D eigenvalue weighted by molar-refractivity contribution is 5.33. The van der Waals surface area contributed by atoms with E-state index < -0.39 is 29.3 Å². The number of aliphatic hydroxyl groups is 2. The standard InChI is InChI=1S/C15H22O4/c1-8-4-5-13(2)9(6-8)19-12-10(16)11(17)14(13,3)15(12)7-18-15/h6,9-12,16-17H,4-5,7H2,1-3H3/t9-,10-,11-,12-,13+,14-,15+/m1/s1. The number of rotatable bonds is 0. The van der Waals surface area contributed by atoms with E-state index in [9.17, 15) is 10.2 Å². The molecule has 0 radical (unpaired) electrons.